The molecule has 0 atom stereocenters. The highest BCUT2D eigenvalue weighted by Crippen LogP contribution is 2.11. The van der Waals surface area contributed by atoms with Crippen LogP contribution in [0.4, 0.5) is 0 Å². The maximum absolute atomic E-state index is 12.5. The molecule has 0 saturated carbocycles. The van der Waals surface area contributed by atoms with E-state index in [2.05, 4.69) is 24.1 Å². The number of nitrogens with zero attached hydrogens (tertiary/aromatic N) is 2. The fourth-order valence-electron chi connectivity index (χ4n) is 2.82. The van der Waals surface area contributed by atoms with Gasteiger partial charge in [0, 0.05) is 51.8 Å². The zero-order chi connectivity index (χ0) is 16.8. The molecule has 2 rings (SSSR count). The van der Waals surface area contributed by atoms with Crippen LogP contribution in [0.15, 0.2) is 24.3 Å². The van der Waals surface area contributed by atoms with Crippen LogP contribution in [0.1, 0.15) is 36.7 Å². The van der Waals surface area contributed by atoms with Gasteiger partial charge in [0.05, 0.1) is 0 Å². The molecule has 0 aromatic heterocycles. The van der Waals surface area contributed by atoms with Crippen molar-refractivity contribution in [2.75, 3.05) is 32.7 Å². The van der Waals surface area contributed by atoms with Crippen LogP contribution < -0.4 is 5.32 Å². The summed E-state index contributed by atoms with van der Waals surface area (Å²) in [5.41, 5.74) is 1.72. The second-order valence-electron chi connectivity index (χ2n) is 6.59. The SMILES string of the molecule is CC(=O)NCc1ccc(C(=O)N2CCN(CC(C)C)CC2)cc1. The van der Waals surface area contributed by atoms with Crippen molar-refractivity contribution >= 4 is 11.8 Å². The maximum atomic E-state index is 12.5. The standard InChI is InChI=1S/C18H27N3O2/c1-14(2)13-20-8-10-21(11-9-20)18(23)17-6-4-16(5-7-17)12-19-15(3)22/h4-7,14H,8-13H2,1-3H3,(H,19,22). The van der Waals surface area contributed by atoms with E-state index in [0.717, 1.165) is 38.3 Å². The molecule has 0 unspecified atom stereocenters. The molecule has 1 fully saturated rings. The first-order valence-electron chi connectivity index (χ1n) is 8.30. The Morgan fingerprint density at radius 2 is 1.70 bits per heavy atom. The van der Waals surface area contributed by atoms with Crippen molar-refractivity contribution < 1.29 is 9.59 Å². The number of amides is 2. The van der Waals surface area contributed by atoms with Gasteiger partial charge < -0.3 is 10.2 Å². The van der Waals surface area contributed by atoms with Crippen LogP contribution >= 0.6 is 0 Å². The number of nitrogens with one attached hydrogen (secondary N) is 1. The molecule has 5 heteroatoms. The molecule has 1 aliphatic rings. The number of rotatable bonds is 5. The minimum Gasteiger partial charge on any atom is -0.352 e. The number of hydrogen-bond donors (Lipinski definition) is 1. The van der Waals surface area contributed by atoms with Gasteiger partial charge in [0.2, 0.25) is 5.91 Å². The highest BCUT2D eigenvalue weighted by Gasteiger charge is 2.22. The zero-order valence-electron chi connectivity index (χ0n) is 14.3. The molecule has 0 bridgehead atoms. The fourth-order valence-corrected chi connectivity index (χ4v) is 2.82. The Balaban J connectivity index is 1.87. The summed E-state index contributed by atoms with van der Waals surface area (Å²) in [6.45, 7) is 11.0. The molecular formula is C18H27N3O2. The molecule has 2 amide bonds. The summed E-state index contributed by atoms with van der Waals surface area (Å²) in [4.78, 5) is 27.8. The van der Waals surface area contributed by atoms with Gasteiger partial charge in [-0.25, -0.2) is 0 Å². The summed E-state index contributed by atoms with van der Waals surface area (Å²) in [6, 6.07) is 7.50. The normalized spacial score (nSPS) is 15.7. The molecule has 126 valence electrons. The van der Waals surface area contributed by atoms with Gasteiger partial charge in [0.15, 0.2) is 0 Å². The quantitative estimate of drug-likeness (QED) is 0.900. The molecule has 1 aromatic carbocycles. The van der Waals surface area contributed by atoms with Crippen molar-refractivity contribution in [3.63, 3.8) is 0 Å². The molecule has 1 aromatic rings. The average Bonchev–Trinajstić information content (AvgIpc) is 2.53. The molecule has 23 heavy (non-hydrogen) atoms. The van der Waals surface area contributed by atoms with Crippen molar-refractivity contribution in [2.45, 2.75) is 27.3 Å². The van der Waals surface area contributed by atoms with Gasteiger partial charge in [-0.3, -0.25) is 14.5 Å². The molecule has 1 N–H and O–H groups in total. The number of hydrogen-bond acceptors (Lipinski definition) is 3. The Bertz CT molecular complexity index is 532. The lowest BCUT2D eigenvalue weighted by molar-refractivity contribution is -0.119. The molecular weight excluding hydrogens is 290 g/mol. The van der Waals surface area contributed by atoms with E-state index in [0.29, 0.717) is 18.0 Å². The van der Waals surface area contributed by atoms with Gasteiger partial charge >= 0.3 is 0 Å². The lowest BCUT2D eigenvalue weighted by atomic mass is 10.1. The Morgan fingerprint density at radius 1 is 1.09 bits per heavy atom. The van der Waals surface area contributed by atoms with Crippen LogP contribution in [0.25, 0.3) is 0 Å². The number of piperazine rings is 1. The molecule has 0 aliphatic carbocycles. The summed E-state index contributed by atoms with van der Waals surface area (Å²) in [6.07, 6.45) is 0. The summed E-state index contributed by atoms with van der Waals surface area (Å²) < 4.78 is 0. The Kier molecular flexibility index (Phi) is 6.16. The van der Waals surface area contributed by atoms with Crippen LogP contribution in [0.5, 0.6) is 0 Å². The van der Waals surface area contributed by atoms with Gasteiger partial charge in [-0.05, 0) is 23.6 Å². The Morgan fingerprint density at radius 3 is 2.22 bits per heavy atom. The highest BCUT2D eigenvalue weighted by molar-refractivity contribution is 5.94. The molecule has 5 nitrogen and oxygen atoms in total. The van der Waals surface area contributed by atoms with Gasteiger partial charge in [-0.1, -0.05) is 26.0 Å². The van der Waals surface area contributed by atoms with Crippen molar-refractivity contribution in [3.05, 3.63) is 35.4 Å². The predicted octanol–water partition coefficient (Wildman–Crippen LogP) is 1.74. The van der Waals surface area contributed by atoms with E-state index in [1.807, 2.05) is 29.2 Å². The van der Waals surface area contributed by atoms with Crippen molar-refractivity contribution in [3.8, 4) is 0 Å². The van der Waals surface area contributed by atoms with E-state index in [-0.39, 0.29) is 11.8 Å². The first-order valence-corrected chi connectivity index (χ1v) is 8.30. The Labute approximate surface area is 138 Å². The smallest absolute Gasteiger partial charge is 0.253 e. The summed E-state index contributed by atoms with van der Waals surface area (Å²) in [5.74, 6) is 0.707. The number of carbonyl (C=O) groups is 2. The molecule has 1 heterocycles. The minimum absolute atomic E-state index is 0.0515. The van der Waals surface area contributed by atoms with Crippen LogP contribution in [-0.2, 0) is 11.3 Å². The monoisotopic (exact) mass is 317 g/mol. The number of carbonyl (C=O) groups excluding carboxylic acids is 2. The summed E-state index contributed by atoms with van der Waals surface area (Å²) >= 11 is 0. The van der Waals surface area contributed by atoms with Gasteiger partial charge in [-0.2, -0.15) is 0 Å². The topological polar surface area (TPSA) is 52.7 Å². The van der Waals surface area contributed by atoms with E-state index in [4.69, 9.17) is 0 Å². The van der Waals surface area contributed by atoms with E-state index in [1.165, 1.54) is 6.92 Å². The third-order valence-corrected chi connectivity index (χ3v) is 4.03. The molecule has 1 saturated heterocycles. The summed E-state index contributed by atoms with van der Waals surface area (Å²) in [7, 11) is 0. The molecule has 1 aliphatic heterocycles. The number of benzene rings is 1. The van der Waals surface area contributed by atoms with Crippen molar-refractivity contribution in [1.29, 1.82) is 0 Å². The first-order chi connectivity index (χ1) is 11.0. The van der Waals surface area contributed by atoms with Gasteiger partial charge in [0.25, 0.3) is 5.91 Å². The van der Waals surface area contributed by atoms with E-state index >= 15 is 0 Å². The highest BCUT2D eigenvalue weighted by atomic mass is 16.2. The zero-order valence-corrected chi connectivity index (χ0v) is 14.3. The van der Waals surface area contributed by atoms with Gasteiger partial charge in [0.1, 0.15) is 0 Å². The summed E-state index contributed by atoms with van der Waals surface area (Å²) in [5, 5.41) is 2.75. The average molecular weight is 317 g/mol. The van der Waals surface area contributed by atoms with E-state index in [9.17, 15) is 9.59 Å². The second-order valence-corrected chi connectivity index (χ2v) is 6.59. The van der Waals surface area contributed by atoms with Crippen molar-refractivity contribution in [2.24, 2.45) is 5.92 Å². The van der Waals surface area contributed by atoms with Crippen molar-refractivity contribution in [1.82, 2.24) is 15.1 Å². The maximum Gasteiger partial charge on any atom is 0.253 e. The largest absolute Gasteiger partial charge is 0.352 e. The predicted molar refractivity (Wildman–Crippen MR) is 91.1 cm³/mol. The van der Waals surface area contributed by atoms with Crippen LogP contribution in [0.2, 0.25) is 0 Å². The Hall–Kier alpha value is -1.88. The lowest BCUT2D eigenvalue weighted by Gasteiger charge is -2.35. The minimum atomic E-state index is -0.0515. The van der Waals surface area contributed by atoms with Crippen LogP contribution in [-0.4, -0.2) is 54.3 Å². The van der Waals surface area contributed by atoms with E-state index < -0.39 is 0 Å². The molecule has 0 spiro atoms. The first kappa shape index (κ1) is 17.5. The third kappa shape index (κ3) is 5.36. The third-order valence-electron chi connectivity index (χ3n) is 4.03. The van der Waals surface area contributed by atoms with Crippen LogP contribution in [0.3, 0.4) is 0 Å². The molecule has 0 radical (unpaired) electrons. The lowest BCUT2D eigenvalue weighted by Crippen LogP contribution is -2.49. The van der Waals surface area contributed by atoms with E-state index in [1.54, 1.807) is 0 Å². The van der Waals surface area contributed by atoms with Crippen LogP contribution in [0, 0.1) is 5.92 Å². The van der Waals surface area contributed by atoms with Gasteiger partial charge in [-0.15, -0.1) is 0 Å². The second kappa shape index (κ2) is 8.11. The fraction of sp³-hybridized carbons (Fsp3) is 0.556.